The fourth-order valence-corrected chi connectivity index (χ4v) is 1.14. The zero-order valence-electron chi connectivity index (χ0n) is 8.93. The van der Waals surface area contributed by atoms with E-state index in [4.69, 9.17) is 4.74 Å². The molecule has 0 aliphatic rings. The van der Waals surface area contributed by atoms with Gasteiger partial charge in [-0.25, -0.2) is 4.79 Å². The molecule has 0 saturated carbocycles. The number of carbonyl (C=O) groups excluding carboxylic acids is 1. The van der Waals surface area contributed by atoms with E-state index >= 15 is 0 Å². The lowest BCUT2D eigenvalue weighted by Crippen LogP contribution is -2.10. The summed E-state index contributed by atoms with van der Waals surface area (Å²) in [5.74, 6) is 0.224. The summed E-state index contributed by atoms with van der Waals surface area (Å²) in [4.78, 5) is 21.0. The van der Waals surface area contributed by atoms with Crippen LogP contribution in [0.2, 0.25) is 0 Å². The highest BCUT2D eigenvalue weighted by Gasteiger charge is 2.12. The molecule has 0 aromatic heterocycles. The van der Waals surface area contributed by atoms with Crippen LogP contribution in [0.1, 0.15) is 12.5 Å². The van der Waals surface area contributed by atoms with Gasteiger partial charge < -0.3 is 9.47 Å². The lowest BCUT2D eigenvalue weighted by molar-refractivity contribution is -0.385. The molecule has 6 nitrogen and oxygen atoms in total. The molecular weight excluding hydrogens is 214 g/mol. The summed E-state index contributed by atoms with van der Waals surface area (Å²) in [7, 11) is 0. The average molecular weight is 225 g/mol. The van der Waals surface area contributed by atoms with Crippen LogP contribution >= 0.6 is 0 Å². The van der Waals surface area contributed by atoms with Gasteiger partial charge in [-0.1, -0.05) is 0 Å². The smallest absolute Gasteiger partial charge is 0.434 e. The molecule has 86 valence electrons. The van der Waals surface area contributed by atoms with E-state index in [-0.39, 0.29) is 18.0 Å². The molecule has 0 radical (unpaired) electrons. The molecule has 0 fully saturated rings. The predicted molar refractivity (Wildman–Crippen MR) is 55.5 cm³/mol. The van der Waals surface area contributed by atoms with Crippen LogP contribution in [0, 0.1) is 17.0 Å². The molecule has 0 atom stereocenters. The standard InChI is InChI=1S/C10H11NO5/c1-3-15-10(12)16-8-4-5-9(11(13)14)7(2)6-8/h4-6H,3H2,1-2H3. The minimum absolute atomic E-state index is 0.0174. The van der Waals surface area contributed by atoms with Gasteiger partial charge in [-0.3, -0.25) is 10.1 Å². The Bertz CT molecular complexity index is 416. The quantitative estimate of drug-likeness (QED) is 0.341. The van der Waals surface area contributed by atoms with Crippen LogP contribution in [-0.2, 0) is 4.74 Å². The molecule has 6 heteroatoms. The van der Waals surface area contributed by atoms with Crippen LogP contribution < -0.4 is 4.74 Å². The van der Waals surface area contributed by atoms with Crippen molar-refractivity contribution in [2.24, 2.45) is 0 Å². The number of nitro groups is 1. The van der Waals surface area contributed by atoms with Crippen LogP contribution in [0.25, 0.3) is 0 Å². The minimum atomic E-state index is -0.823. The second-order valence-corrected chi connectivity index (χ2v) is 2.99. The largest absolute Gasteiger partial charge is 0.513 e. The molecule has 0 aliphatic heterocycles. The zero-order chi connectivity index (χ0) is 12.1. The highest BCUT2D eigenvalue weighted by atomic mass is 16.7. The number of aryl methyl sites for hydroxylation is 1. The summed E-state index contributed by atoms with van der Waals surface area (Å²) >= 11 is 0. The monoisotopic (exact) mass is 225 g/mol. The van der Waals surface area contributed by atoms with Gasteiger partial charge in [0, 0.05) is 11.6 Å². The third-order valence-corrected chi connectivity index (χ3v) is 1.83. The Morgan fingerprint density at radius 1 is 1.50 bits per heavy atom. The molecule has 1 rings (SSSR count). The Morgan fingerprint density at radius 3 is 2.69 bits per heavy atom. The summed E-state index contributed by atoms with van der Waals surface area (Å²) in [6.07, 6.45) is -0.823. The van der Waals surface area contributed by atoms with Crippen LogP contribution in [0.4, 0.5) is 10.5 Å². The second-order valence-electron chi connectivity index (χ2n) is 2.99. The Kier molecular flexibility index (Phi) is 3.82. The highest BCUT2D eigenvalue weighted by Crippen LogP contribution is 2.23. The predicted octanol–water partition coefficient (Wildman–Crippen LogP) is 2.44. The Labute approximate surface area is 91.9 Å². The van der Waals surface area contributed by atoms with E-state index < -0.39 is 11.1 Å². The van der Waals surface area contributed by atoms with Crippen LogP contribution in [-0.4, -0.2) is 17.7 Å². The number of nitrogens with zero attached hydrogens (tertiary/aromatic N) is 1. The third-order valence-electron chi connectivity index (χ3n) is 1.83. The normalized spacial score (nSPS) is 9.62. The SMILES string of the molecule is CCOC(=O)Oc1ccc([N+](=O)[O-])c(C)c1. The van der Waals surface area contributed by atoms with Crippen molar-refractivity contribution >= 4 is 11.8 Å². The van der Waals surface area contributed by atoms with Crippen molar-refractivity contribution in [3.05, 3.63) is 33.9 Å². The number of hydrogen-bond donors (Lipinski definition) is 0. The molecule has 0 aliphatic carbocycles. The summed E-state index contributed by atoms with van der Waals surface area (Å²) in [6, 6.07) is 4.04. The number of benzene rings is 1. The van der Waals surface area contributed by atoms with E-state index in [0.717, 1.165) is 0 Å². The average Bonchev–Trinajstić information content (AvgIpc) is 2.17. The molecule has 0 saturated heterocycles. The lowest BCUT2D eigenvalue weighted by atomic mass is 10.2. The first kappa shape index (κ1) is 12.0. The molecule has 0 spiro atoms. The highest BCUT2D eigenvalue weighted by molar-refractivity contribution is 5.64. The van der Waals surface area contributed by atoms with Gasteiger partial charge >= 0.3 is 6.16 Å². The summed E-state index contributed by atoms with van der Waals surface area (Å²) < 4.78 is 9.35. The van der Waals surface area contributed by atoms with Gasteiger partial charge in [-0.2, -0.15) is 0 Å². The van der Waals surface area contributed by atoms with E-state index in [0.29, 0.717) is 5.56 Å². The molecule has 16 heavy (non-hydrogen) atoms. The maximum atomic E-state index is 11.0. The molecular formula is C10H11NO5. The van der Waals surface area contributed by atoms with Gasteiger partial charge in [0.1, 0.15) is 5.75 Å². The van der Waals surface area contributed by atoms with E-state index in [9.17, 15) is 14.9 Å². The molecule has 0 bridgehead atoms. The van der Waals surface area contributed by atoms with Crippen molar-refractivity contribution in [1.29, 1.82) is 0 Å². The van der Waals surface area contributed by atoms with Gasteiger partial charge in [0.2, 0.25) is 0 Å². The summed E-state index contributed by atoms with van der Waals surface area (Å²) in [5.41, 5.74) is 0.406. The molecule has 0 unspecified atom stereocenters. The molecule has 0 amide bonds. The lowest BCUT2D eigenvalue weighted by Gasteiger charge is -2.04. The molecule has 1 aromatic rings. The van der Waals surface area contributed by atoms with Crippen molar-refractivity contribution in [3.63, 3.8) is 0 Å². The van der Waals surface area contributed by atoms with Gasteiger partial charge in [-0.05, 0) is 26.0 Å². The Balaban J connectivity index is 2.81. The van der Waals surface area contributed by atoms with Crippen molar-refractivity contribution in [3.8, 4) is 5.75 Å². The first-order valence-electron chi connectivity index (χ1n) is 4.64. The maximum Gasteiger partial charge on any atom is 0.513 e. The fraction of sp³-hybridized carbons (Fsp3) is 0.300. The number of carbonyl (C=O) groups is 1. The Hall–Kier alpha value is -2.11. The van der Waals surface area contributed by atoms with Gasteiger partial charge in [0.15, 0.2) is 0 Å². The maximum absolute atomic E-state index is 11.0. The van der Waals surface area contributed by atoms with Crippen molar-refractivity contribution < 1.29 is 19.2 Å². The van der Waals surface area contributed by atoms with E-state index in [1.165, 1.54) is 18.2 Å². The number of hydrogen-bond acceptors (Lipinski definition) is 5. The summed E-state index contributed by atoms with van der Waals surface area (Å²) in [5, 5.41) is 10.5. The molecule has 1 aromatic carbocycles. The van der Waals surface area contributed by atoms with E-state index in [1.54, 1.807) is 13.8 Å². The number of nitro benzene ring substituents is 1. The van der Waals surface area contributed by atoms with Gasteiger partial charge in [-0.15, -0.1) is 0 Å². The van der Waals surface area contributed by atoms with E-state index in [1.807, 2.05) is 0 Å². The van der Waals surface area contributed by atoms with Crippen molar-refractivity contribution in [2.45, 2.75) is 13.8 Å². The molecule has 0 heterocycles. The second kappa shape index (κ2) is 5.11. The van der Waals surface area contributed by atoms with Crippen LogP contribution in [0.15, 0.2) is 18.2 Å². The first-order valence-corrected chi connectivity index (χ1v) is 4.64. The van der Waals surface area contributed by atoms with Gasteiger partial charge in [0.05, 0.1) is 11.5 Å². The first-order chi connectivity index (χ1) is 7.54. The minimum Gasteiger partial charge on any atom is -0.434 e. The van der Waals surface area contributed by atoms with Crippen molar-refractivity contribution in [2.75, 3.05) is 6.61 Å². The summed E-state index contributed by atoms with van der Waals surface area (Å²) in [6.45, 7) is 3.43. The van der Waals surface area contributed by atoms with Crippen LogP contribution in [0.3, 0.4) is 0 Å². The van der Waals surface area contributed by atoms with Gasteiger partial charge in [0.25, 0.3) is 5.69 Å². The van der Waals surface area contributed by atoms with E-state index in [2.05, 4.69) is 4.74 Å². The van der Waals surface area contributed by atoms with Crippen molar-refractivity contribution in [1.82, 2.24) is 0 Å². The number of rotatable bonds is 3. The third kappa shape index (κ3) is 2.94. The molecule has 0 N–H and O–H groups in total. The zero-order valence-corrected chi connectivity index (χ0v) is 8.93. The van der Waals surface area contributed by atoms with Crippen LogP contribution in [0.5, 0.6) is 5.75 Å². The Morgan fingerprint density at radius 2 is 2.19 bits per heavy atom. The topological polar surface area (TPSA) is 78.7 Å². The number of ether oxygens (including phenoxy) is 2. The fourth-order valence-electron chi connectivity index (χ4n) is 1.14.